The Morgan fingerprint density at radius 2 is 2.00 bits per heavy atom. The maximum atomic E-state index is 11.5. The van der Waals surface area contributed by atoms with Gasteiger partial charge >= 0.3 is 0 Å². The lowest BCUT2D eigenvalue weighted by atomic mass is 9.85. The number of carbonyl (C=O) groups is 1. The van der Waals surface area contributed by atoms with E-state index in [4.69, 9.17) is 4.74 Å². The zero-order valence-corrected chi connectivity index (χ0v) is 11.5. The van der Waals surface area contributed by atoms with Crippen molar-refractivity contribution in [2.75, 3.05) is 7.11 Å². The highest BCUT2D eigenvalue weighted by molar-refractivity contribution is 7.14. The van der Waals surface area contributed by atoms with Crippen LogP contribution in [-0.4, -0.2) is 17.9 Å². The Balaban J connectivity index is 2.37. The lowest BCUT2D eigenvalue weighted by molar-refractivity contribution is -0.0446. The molecule has 2 rings (SSSR count). The first kappa shape index (κ1) is 12.7. The van der Waals surface area contributed by atoms with E-state index in [2.05, 4.69) is 4.98 Å². The topological polar surface area (TPSA) is 39.2 Å². The maximum absolute atomic E-state index is 11.5. The van der Waals surface area contributed by atoms with E-state index < -0.39 is 0 Å². The van der Waals surface area contributed by atoms with E-state index in [0.29, 0.717) is 0 Å². The molecule has 0 unspecified atom stereocenters. The number of hydrogen-bond acceptors (Lipinski definition) is 4. The molecule has 0 atom stereocenters. The monoisotopic (exact) mass is 253 g/mol. The normalized spacial score (nSPS) is 19.2. The van der Waals surface area contributed by atoms with Gasteiger partial charge in [-0.3, -0.25) is 4.79 Å². The Hall–Kier alpha value is -0.740. The first-order valence-corrected chi connectivity index (χ1v) is 6.95. The second-order valence-corrected chi connectivity index (χ2v) is 5.75. The number of ketones is 1. The molecule has 1 saturated carbocycles. The minimum absolute atomic E-state index is 0.105. The zero-order valence-electron chi connectivity index (χ0n) is 10.7. The quantitative estimate of drug-likeness (QED) is 0.774. The van der Waals surface area contributed by atoms with Gasteiger partial charge in [0.15, 0.2) is 5.78 Å². The Bertz CT molecular complexity index is 419. The van der Waals surface area contributed by atoms with Crippen LogP contribution in [0.15, 0.2) is 0 Å². The highest BCUT2D eigenvalue weighted by atomic mass is 32.1. The van der Waals surface area contributed by atoms with E-state index in [1.807, 2.05) is 6.92 Å². The molecule has 94 valence electrons. The molecule has 17 heavy (non-hydrogen) atoms. The second-order valence-electron chi connectivity index (χ2n) is 4.75. The number of carbonyl (C=O) groups excluding carboxylic acids is 1. The van der Waals surface area contributed by atoms with Crippen molar-refractivity contribution in [3.63, 3.8) is 0 Å². The number of methoxy groups -OCH3 is 1. The molecule has 1 aromatic rings. The van der Waals surface area contributed by atoms with Crippen molar-refractivity contribution in [3.05, 3.63) is 15.6 Å². The summed E-state index contributed by atoms with van der Waals surface area (Å²) >= 11 is 1.51. The van der Waals surface area contributed by atoms with E-state index in [1.165, 1.54) is 30.6 Å². The fourth-order valence-electron chi connectivity index (χ4n) is 2.55. The molecule has 3 nitrogen and oxygen atoms in total. The number of aryl methyl sites for hydroxylation is 1. The van der Waals surface area contributed by atoms with Crippen LogP contribution >= 0.6 is 11.3 Å². The van der Waals surface area contributed by atoms with Crippen molar-refractivity contribution in [3.8, 4) is 0 Å². The third-order valence-corrected chi connectivity index (χ3v) is 5.00. The van der Waals surface area contributed by atoms with Gasteiger partial charge in [0.1, 0.15) is 10.6 Å². The van der Waals surface area contributed by atoms with Crippen LogP contribution in [0.2, 0.25) is 0 Å². The molecule has 0 spiro atoms. The van der Waals surface area contributed by atoms with Gasteiger partial charge in [0.25, 0.3) is 0 Å². The van der Waals surface area contributed by atoms with Crippen LogP contribution in [0.4, 0.5) is 0 Å². The number of thiazole rings is 1. The summed E-state index contributed by atoms with van der Waals surface area (Å²) in [6.07, 6.45) is 5.68. The average molecular weight is 253 g/mol. The van der Waals surface area contributed by atoms with E-state index in [-0.39, 0.29) is 11.4 Å². The lowest BCUT2D eigenvalue weighted by Gasteiger charge is -2.34. The van der Waals surface area contributed by atoms with Crippen LogP contribution in [0.1, 0.15) is 59.4 Å². The number of hydrogen-bond donors (Lipinski definition) is 0. The molecule has 0 bridgehead atoms. The standard InChI is InChI=1S/C13H19NO2S/c1-9-11(10(2)15)17-12(14-9)13(16-3)7-5-4-6-8-13/h4-8H2,1-3H3. The summed E-state index contributed by atoms with van der Waals surface area (Å²) in [5.74, 6) is 0.105. The molecule has 1 fully saturated rings. The molecular formula is C13H19NO2S. The second kappa shape index (κ2) is 4.86. The molecule has 0 aliphatic heterocycles. The third-order valence-electron chi connectivity index (χ3n) is 3.56. The maximum Gasteiger partial charge on any atom is 0.171 e. The molecular weight excluding hydrogens is 234 g/mol. The van der Waals surface area contributed by atoms with Crippen LogP contribution in [0.5, 0.6) is 0 Å². The smallest absolute Gasteiger partial charge is 0.171 e. The van der Waals surface area contributed by atoms with Crippen molar-refractivity contribution in [2.45, 2.75) is 51.6 Å². The van der Waals surface area contributed by atoms with E-state index in [0.717, 1.165) is 28.4 Å². The molecule has 0 aromatic carbocycles. The molecule has 0 radical (unpaired) electrons. The average Bonchev–Trinajstić information content (AvgIpc) is 2.73. The Labute approximate surface area is 106 Å². The van der Waals surface area contributed by atoms with Crippen molar-refractivity contribution < 1.29 is 9.53 Å². The van der Waals surface area contributed by atoms with Crippen LogP contribution in [0.3, 0.4) is 0 Å². The van der Waals surface area contributed by atoms with Crippen LogP contribution in [0, 0.1) is 6.92 Å². The van der Waals surface area contributed by atoms with Gasteiger partial charge in [0.05, 0.1) is 10.6 Å². The van der Waals surface area contributed by atoms with Gasteiger partial charge in [-0.15, -0.1) is 11.3 Å². The summed E-state index contributed by atoms with van der Waals surface area (Å²) in [7, 11) is 1.76. The zero-order chi connectivity index (χ0) is 12.5. The van der Waals surface area contributed by atoms with Crippen molar-refractivity contribution in [2.24, 2.45) is 0 Å². The molecule has 0 N–H and O–H groups in total. The highest BCUT2D eigenvalue weighted by Crippen LogP contribution is 2.42. The largest absolute Gasteiger partial charge is 0.371 e. The first-order chi connectivity index (χ1) is 8.09. The van der Waals surface area contributed by atoms with Gasteiger partial charge in [0.2, 0.25) is 0 Å². The minimum atomic E-state index is -0.235. The summed E-state index contributed by atoms with van der Waals surface area (Å²) < 4.78 is 5.75. The summed E-state index contributed by atoms with van der Waals surface area (Å²) in [6.45, 7) is 3.51. The van der Waals surface area contributed by atoms with Gasteiger partial charge in [-0.25, -0.2) is 4.98 Å². The number of aromatic nitrogens is 1. The first-order valence-electron chi connectivity index (χ1n) is 6.13. The van der Waals surface area contributed by atoms with Crippen LogP contribution < -0.4 is 0 Å². The van der Waals surface area contributed by atoms with E-state index >= 15 is 0 Å². The van der Waals surface area contributed by atoms with Gasteiger partial charge in [-0.2, -0.15) is 0 Å². The fourth-order valence-corrected chi connectivity index (χ4v) is 3.73. The summed E-state index contributed by atoms with van der Waals surface area (Å²) in [5, 5.41) is 0.988. The van der Waals surface area contributed by atoms with Crippen LogP contribution in [-0.2, 0) is 10.3 Å². The van der Waals surface area contributed by atoms with Gasteiger partial charge in [-0.05, 0) is 19.8 Å². The molecule has 0 amide bonds. The predicted octanol–water partition coefficient (Wildman–Crippen LogP) is 3.46. The van der Waals surface area contributed by atoms with Crippen molar-refractivity contribution in [1.82, 2.24) is 4.98 Å². The summed E-state index contributed by atoms with van der Waals surface area (Å²) in [6, 6.07) is 0. The summed E-state index contributed by atoms with van der Waals surface area (Å²) in [4.78, 5) is 16.8. The van der Waals surface area contributed by atoms with Gasteiger partial charge in [0, 0.05) is 14.0 Å². The Morgan fingerprint density at radius 1 is 1.35 bits per heavy atom. The van der Waals surface area contributed by atoms with E-state index in [1.54, 1.807) is 14.0 Å². The minimum Gasteiger partial charge on any atom is -0.371 e. The van der Waals surface area contributed by atoms with Gasteiger partial charge < -0.3 is 4.74 Å². The lowest BCUT2D eigenvalue weighted by Crippen LogP contribution is -2.30. The third kappa shape index (κ3) is 2.29. The van der Waals surface area contributed by atoms with Crippen LogP contribution in [0.25, 0.3) is 0 Å². The number of Topliss-reactive ketones (excluding diaryl/α,β-unsaturated/α-hetero) is 1. The SMILES string of the molecule is COC1(c2nc(C)c(C(C)=O)s2)CCCCC1. The number of ether oxygens (including phenoxy) is 1. The fraction of sp³-hybridized carbons (Fsp3) is 0.692. The molecule has 1 aromatic heterocycles. The highest BCUT2D eigenvalue weighted by Gasteiger charge is 2.37. The molecule has 1 aliphatic carbocycles. The number of nitrogens with zero attached hydrogens (tertiary/aromatic N) is 1. The molecule has 1 aliphatic rings. The molecule has 0 saturated heterocycles. The predicted molar refractivity (Wildman–Crippen MR) is 68.6 cm³/mol. The van der Waals surface area contributed by atoms with Gasteiger partial charge in [-0.1, -0.05) is 19.3 Å². The summed E-state index contributed by atoms with van der Waals surface area (Å²) in [5.41, 5.74) is 0.612. The Kier molecular flexibility index (Phi) is 3.64. The van der Waals surface area contributed by atoms with Crippen molar-refractivity contribution >= 4 is 17.1 Å². The number of rotatable bonds is 3. The molecule has 4 heteroatoms. The van der Waals surface area contributed by atoms with E-state index in [9.17, 15) is 4.79 Å². The van der Waals surface area contributed by atoms with Crippen molar-refractivity contribution in [1.29, 1.82) is 0 Å². The Morgan fingerprint density at radius 3 is 2.47 bits per heavy atom. The molecule has 1 heterocycles.